The number of carbonyl (C=O) groups excluding carboxylic acids is 2. The topological polar surface area (TPSA) is 63.4 Å². The van der Waals surface area contributed by atoms with Crippen molar-refractivity contribution in [2.75, 3.05) is 4.90 Å². The lowest BCUT2D eigenvalue weighted by molar-refractivity contribution is -0.119. The molecule has 5 heteroatoms. The van der Waals surface area contributed by atoms with E-state index in [-0.39, 0.29) is 11.8 Å². The molecule has 0 aromatic carbocycles. The molecule has 4 nitrogen and oxygen atoms in total. The van der Waals surface area contributed by atoms with Crippen molar-refractivity contribution >= 4 is 28.2 Å². The Labute approximate surface area is 84.6 Å². The van der Waals surface area contributed by atoms with Crippen molar-refractivity contribution in [3.63, 3.8) is 0 Å². The molecule has 0 saturated heterocycles. The van der Waals surface area contributed by atoms with Crippen LogP contribution in [-0.4, -0.2) is 11.8 Å². The predicted molar refractivity (Wildman–Crippen MR) is 53.8 cm³/mol. The van der Waals surface area contributed by atoms with Crippen LogP contribution in [0, 0.1) is 0 Å². The van der Waals surface area contributed by atoms with E-state index in [2.05, 4.69) is 0 Å². The lowest BCUT2D eigenvalue weighted by Crippen LogP contribution is -2.29. The van der Waals surface area contributed by atoms with Crippen LogP contribution >= 0.6 is 11.3 Å². The molecule has 72 valence electrons. The highest BCUT2D eigenvalue weighted by Gasteiger charge is 2.27. The van der Waals surface area contributed by atoms with Gasteiger partial charge in [0.05, 0.1) is 0 Å². The molecule has 0 bridgehead atoms. The first kappa shape index (κ1) is 9.11. The molecule has 0 saturated carbocycles. The monoisotopic (exact) mass is 208 g/mol. The molecule has 1 aliphatic rings. The van der Waals surface area contributed by atoms with Gasteiger partial charge in [0.15, 0.2) is 0 Å². The van der Waals surface area contributed by atoms with E-state index in [1.165, 1.54) is 23.5 Å². The SMILES string of the molecule is NCc1ccsc1N1C(=O)C=CC1=O. The van der Waals surface area contributed by atoms with E-state index in [0.29, 0.717) is 11.5 Å². The summed E-state index contributed by atoms with van der Waals surface area (Å²) in [6, 6.07) is 1.82. The zero-order chi connectivity index (χ0) is 10.1. The smallest absolute Gasteiger partial charge is 0.258 e. The van der Waals surface area contributed by atoms with Crippen molar-refractivity contribution in [3.8, 4) is 0 Å². The molecule has 0 atom stereocenters. The van der Waals surface area contributed by atoms with Crippen LogP contribution in [0.4, 0.5) is 5.00 Å². The molecular formula is C9H8N2O2S. The first-order valence-corrected chi connectivity index (χ1v) is 4.94. The lowest BCUT2D eigenvalue weighted by atomic mass is 10.3. The maximum atomic E-state index is 11.3. The minimum Gasteiger partial charge on any atom is -0.326 e. The number of imide groups is 1. The summed E-state index contributed by atoms with van der Waals surface area (Å²) in [5, 5.41) is 2.45. The molecule has 0 spiro atoms. The van der Waals surface area contributed by atoms with E-state index in [1.807, 2.05) is 11.4 Å². The second-order valence-electron chi connectivity index (χ2n) is 2.80. The molecule has 1 aromatic rings. The highest BCUT2D eigenvalue weighted by Crippen LogP contribution is 2.29. The van der Waals surface area contributed by atoms with Crippen LogP contribution in [0.2, 0.25) is 0 Å². The number of hydrogen-bond donors (Lipinski definition) is 1. The molecule has 0 fully saturated rings. The molecule has 0 unspecified atom stereocenters. The fourth-order valence-corrected chi connectivity index (χ4v) is 2.23. The van der Waals surface area contributed by atoms with Gasteiger partial charge in [-0.1, -0.05) is 0 Å². The Hall–Kier alpha value is -1.46. The van der Waals surface area contributed by atoms with Gasteiger partial charge in [0.2, 0.25) is 0 Å². The molecule has 2 amide bonds. The van der Waals surface area contributed by atoms with Crippen molar-refractivity contribution in [1.29, 1.82) is 0 Å². The molecule has 0 radical (unpaired) electrons. The van der Waals surface area contributed by atoms with E-state index in [0.717, 1.165) is 10.5 Å². The zero-order valence-corrected chi connectivity index (χ0v) is 8.08. The Morgan fingerprint density at radius 2 is 1.93 bits per heavy atom. The largest absolute Gasteiger partial charge is 0.326 e. The normalized spacial score (nSPS) is 15.6. The predicted octanol–water partition coefficient (Wildman–Crippen LogP) is 0.636. The summed E-state index contributed by atoms with van der Waals surface area (Å²) in [5.74, 6) is -0.598. The van der Waals surface area contributed by atoms with E-state index < -0.39 is 0 Å². The summed E-state index contributed by atoms with van der Waals surface area (Å²) < 4.78 is 0. The number of rotatable bonds is 2. The Morgan fingerprint density at radius 3 is 2.50 bits per heavy atom. The number of carbonyl (C=O) groups is 2. The maximum absolute atomic E-state index is 11.3. The summed E-state index contributed by atoms with van der Waals surface area (Å²) in [5.41, 5.74) is 6.31. The second-order valence-corrected chi connectivity index (χ2v) is 3.69. The molecule has 1 aliphatic heterocycles. The number of nitrogens with two attached hydrogens (primary N) is 1. The van der Waals surface area contributed by atoms with Crippen molar-refractivity contribution in [2.24, 2.45) is 5.73 Å². The Bertz CT molecular complexity index is 404. The first-order chi connectivity index (χ1) is 6.74. The van der Waals surface area contributed by atoms with Crippen LogP contribution in [-0.2, 0) is 16.1 Å². The zero-order valence-electron chi connectivity index (χ0n) is 7.27. The van der Waals surface area contributed by atoms with Gasteiger partial charge >= 0.3 is 0 Å². The third-order valence-corrected chi connectivity index (χ3v) is 2.90. The van der Waals surface area contributed by atoms with Crippen LogP contribution in [0.25, 0.3) is 0 Å². The Morgan fingerprint density at radius 1 is 1.29 bits per heavy atom. The van der Waals surface area contributed by atoms with Crippen LogP contribution in [0.5, 0.6) is 0 Å². The molecule has 14 heavy (non-hydrogen) atoms. The standard InChI is InChI=1S/C9H8N2O2S/c10-5-6-3-4-14-9(6)11-7(12)1-2-8(11)13/h1-4H,5,10H2. The van der Waals surface area contributed by atoms with Gasteiger partial charge < -0.3 is 5.73 Å². The van der Waals surface area contributed by atoms with Gasteiger partial charge in [-0.25, -0.2) is 4.90 Å². The highest BCUT2D eigenvalue weighted by atomic mass is 32.1. The van der Waals surface area contributed by atoms with E-state index in [9.17, 15) is 9.59 Å². The fourth-order valence-electron chi connectivity index (χ4n) is 1.28. The lowest BCUT2D eigenvalue weighted by Gasteiger charge is -2.12. The second kappa shape index (κ2) is 3.36. The van der Waals surface area contributed by atoms with Crippen molar-refractivity contribution in [1.82, 2.24) is 0 Å². The number of nitrogens with zero attached hydrogens (tertiary/aromatic N) is 1. The van der Waals surface area contributed by atoms with Gasteiger partial charge in [-0.05, 0) is 11.4 Å². The Kier molecular flexibility index (Phi) is 2.18. The maximum Gasteiger partial charge on any atom is 0.258 e. The van der Waals surface area contributed by atoms with Crippen LogP contribution < -0.4 is 10.6 Å². The van der Waals surface area contributed by atoms with Crippen molar-refractivity contribution in [2.45, 2.75) is 6.54 Å². The third-order valence-electron chi connectivity index (χ3n) is 1.96. The molecule has 1 aromatic heterocycles. The van der Waals surface area contributed by atoms with Gasteiger partial charge in [0.25, 0.3) is 11.8 Å². The highest BCUT2D eigenvalue weighted by molar-refractivity contribution is 7.14. The summed E-state index contributed by atoms with van der Waals surface area (Å²) in [6.45, 7) is 0.329. The van der Waals surface area contributed by atoms with Gasteiger partial charge in [-0.3, -0.25) is 9.59 Å². The number of amides is 2. The number of anilines is 1. The number of hydrogen-bond acceptors (Lipinski definition) is 4. The summed E-state index contributed by atoms with van der Waals surface area (Å²) >= 11 is 1.34. The van der Waals surface area contributed by atoms with Crippen molar-refractivity contribution in [3.05, 3.63) is 29.2 Å². The third kappa shape index (κ3) is 1.26. The summed E-state index contributed by atoms with van der Waals surface area (Å²) in [6.07, 6.45) is 2.53. The fraction of sp³-hybridized carbons (Fsp3) is 0.111. The van der Waals surface area contributed by atoms with Crippen molar-refractivity contribution < 1.29 is 9.59 Å². The van der Waals surface area contributed by atoms with Gasteiger partial charge in [0.1, 0.15) is 5.00 Å². The quantitative estimate of drug-likeness (QED) is 0.725. The molecule has 2 rings (SSSR count). The average molecular weight is 208 g/mol. The van der Waals surface area contributed by atoms with E-state index >= 15 is 0 Å². The van der Waals surface area contributed by atoms with Gasteiger partial charge in [-0.2, -0.15) is 0 Å². The molecule has 0 aliphatic carbocycles. The minimum atomic E-state index is -0.299. The number of thiophene rings is 1. The molecular weight excluding hydrogens is 200 g/mol. The van der Waals surface area contributed by atoms with Crippen LogP contribution in [0.15, 0.2) is 23.6 Å². The van der Waals surface area contributed by atoms with Crippen LogP contribution in [0.1, 0.15) is 5.56 Å². The van der Waals surface area contributed by atoms with E-state index in [4.69, 9.17) is 5.73 Å². The average Bonchev–Trinajstić information content (AvgIpc) is 2.73. The Balaban J connectivity index is 2.40. The summed E-state index contributed by atoms with van der Waals surface area (Å²) in [7, 11) is 0. The van der Waals surface area contributed by atoms with E-state index in [1.54, 1.807) is 0 Å². The minimum absolute atomic E-state index is 0.299. The molecule has 2 heterocycles. The van der Waals surface area contributed by atoms with Gasteiger partial charge in [-0.15, -0.1) is 11.3 Å². The molecule has 2 N–H and O–H groups in total. The van der Waals surface area contributed by atoms with Crippen LogP contribution in [0.3, 0.4) is 0 Å². The summed E-state index contributed by atoms with van der Waals surface area (Å²) in [4.78, 5) is 23.8. The van der Waals surface area contributed by atoms with Gasteiger partial charge in [0, 0.05) is 24.3 Å². The first-order valence-electron chi connectivity index (χ1n) is 4.06.